The Morgan fingerprint density at radius 1 is 1.17 bits per heavy atom. The summed E-state index contributed by atoms with van der Waals surface area (Å²) in [4.78, 5) is 33.8. The first-order valence-corrected chi connectivity index (χ1v) is 11.0. The van der Waals surface area contributed by atoms with Gasteiger partial charge < -0.3 is 15.4 Å². The molecule has 0 bridgehead atoms. The Morgan fingerprint density at radius 2 is 1.97 bits per heavy atom. The van der Waals surface area contributed by atoms with Gasteiger partial charge in [-0.1, -0.05) is 11.3 Å². The number of benzene rings is 1. The van der Waals surface area contributed by atoms with E-state index < -0.39 is 29.3 Å². The highest BCUT2D eigenvalue weighted by atomic mass is 32.1. The van der Waals surface area contributed by atoms with Crippen LogP contribution in [0.1, 0.15) is 15.9 Å². The van der Waals surface area contributed by atoms with Gasteiger partial charge in [0.1, 0.15) is 5.82 Å². The predicted octanol–water partition coefficient (Wildman–Crippen LogP) is 4.26. The van der Waals surface area contributed by atoms with E-state index >= 15 is 0 Å². The molecule has 188 valence electrons. The van der Waals surface area contributed by atoms with Gasteiger partial charge in [-0.25, -0.2) is 19.2 Å². The summed E-state index contributed by atoms with van der Waals surface area (Å²) < 4.78 is 57.5. The van der Waals surface area contributed by atoms with Crippen molar-refractivity contribution < 1.29 is 31.9 Å². The quantitative estimate of drug-likeness (QED) is 0.211. The number of methoxy groups -OCH3 is 1. The highest BCUT2D eigenvalue weighted by Gasteiger charge is 2.31. The molecule has 4 rings (SSSR count). The molecule has 0 spiro atoms. The number of aromatic amines is 1. The molecule has 0 saturated heterocycles. The van der Waals surface area contributed by atoms with Gasteiger partial charge in [0.05, 0.1) is 45.6 Å². The van der Waals surface area contributed by atoms with Crippen molar-refractivity contribution in [3.05, 3.63) is 53.6 Å². The fourth-order valence-electron chi connectivity index (χ4n) is 3.10. The highest BCUT2D eigenvalue weighted by molar-refractivity contribution is 7.19. The van der Waals surface area contributed by atoms with Crippen LogP contribution in [0, 0.1) is 5.82 Å². The summed E-state index contributed by atoms with van der Waals surface area (Å²) in [7, 11) is 1.51. The molecule has 1 aromatic carbocycles. The van der Waals surface area contributed by atoms with Crippen LogP contribution in [0.3, 0.4) is 0 Å². The Balaban J connectivity index is 1.52. The van der Waals surface area contributed by atoms with Gasteiger partial charge in [0.15, 0.2) is 10.8 Å². The fraction of sp³-hybridized carbons (Fsp3) is 0.190. The zero-order valence-corrected chi connectivity index (χ0v) is 19.2. The first kappa shape index (κ1) is 25.0. The second-order valence-corrected chi connectivity index (χ2v) is 8.27. The lowest BCUT2D eigenvalue weighted by atomic mass is 10.1. The summed E-state index contributed by atoms with van der Waals surface area (Å²) >= 11 is 0.984. The summed E-state index contributed by atoms with van der Waals surface area (Å²) in [6.07, 6.45) is -1.84. The molecule has 0 radical (unpaired) electrons. The van der Waals surface area contributed by atoms with Crippen LogP contribution in [0.2, 0.25) is 0 Å². The van der Waals surface area contributed by atoms with E-state index in [1.165, 1.54) is 25.6 Å². The van der Waals surface area contributed by atoms with E-state index in [0.717, 1.165) is 11.3 Å². The number of hydrogen-bond donors (Lipinski definition) is 4. The SMILES string of the molecule is COCCNC(=O)c1cc(-c2cnc(NC(=O)Nc3cc(C(F)(F)F)ccc3F)s2)nc2[nH]ncc12. The van der Waals surface area contributed by atoms with Gasteiger partial charge >= 0.3 is 12.2 Å². The van der Waals surface area contributed by atoms with Crippen LogP contribution in [-0.4, -0.2) is 52.4 Å². The molecule has 3 amide bonds. The zero-order chi connectivity index (χ0) is 25.9. The van der Waals surface area contributed by atoms with Gasteiger partial charge in [-0.05, 0) is 24.3 Å². The molecule has 3 heterocycles. The van der Waals surface area contributed by atoms with Crippen molar-refractivity contribution >= 4 is 45.1 Å². The monoisotopic (exact) mass is 523 g/mol. The summed E-state index contributed by atoms with van der Waals surface area (Å²) in [6.45, 7) is 0.622. The molecular formula is C21H17F4N7O3S. The Bertz CT molecular complexity index is 1420. The molecule has 3 aromatic heterocycles. The number of fused-ring (bicyclic) bond motifs is 1. The average molecular weight is 523 g/mol. The second-order valence-electron chi connectivity index (χ2n) is 7.24. The fourth-order valence-corrected chi connectivity index (χ4v) is 3.88. The van der Waals surface area contributed by atoms with E-state index in [4.69, 9.17) is 4.74 Å². The maximum absolute atomic E-state index is 13.9. The van der Waals surface area contributed by atoms with Gasteiger partial charge in [-0.2, -0.15) is 18.3 Å². The summed E-state index contributed by atoms with van der Waals surface area (Å²) in [5.74, 6) is -1.40. The topological polar surface area (TPSA) is 134 Å². The van der Waals surface area contributed by atoms with Gasteiger partial charge in [0.25, 0.3) is 5.91 Å². The number of amides is 3. The normalized spacial score (nSPS) is 11.5. The smallest absolute Gasteiger partial charge is 0.383 e. The number of carbonyl (C=O) groups excluding carboxylic acids is 2. The number of rotatable bonds is 7. The third-order valence-electron chi connectivity index (χ3n) is 4.78. The minimum absolute atomic E-state index is 0.0625. The molecule has 15 heteroatoms. The minimum Gasteiger partial charge on any atom is -0.383 e. The van der Waals surface area contributed by atoms with Crippen LogP contribution in [0.5, 0.6) is 0 Å². The lowest BCUT2D eigenvalue weighted by Crippen LogP contribution is -2.27. The van der Waals surface area contributed by atoms with Gasteiger partial charge in [0, 0.05) is 19.9 Å². The third-order valence-corrected chi connectivity index (χ3v) is 5.71. The molecule has 0 fully saturated rings. The Kier molecular flexibility index (Phi) is 7.12. The molecule has 0 unspecified atom stereocenters. The van der Waals surface area contributed by atoms with Gasteiger partial charge in [-0.15, -0.1) is 0 Å². The number of thiazole rings is 1. The highest BCUT2D eigenvalue weighted by Crippen LogP contribution is 2.33. The van der Waals surface area contributed by atoms with Crippen molar-refractivity contribution in [1.29, 1.82) is 0 Å². The van der Waals surface area contributed by atoms with E-state index in [2.05, 4.69) is 30.8 Å². The lowest BCUT2D eigenvalue weighted by Gasteiger charge is -2.11. The summed E-state index contributed by atoms with van der Waals surface area (Å²) in [5, 5.41) is 14.3. The lowest BCUT2D eigenvalue weighted by molar-refractivity contribution is -0.137. The molecule has 0 aliphatic rings. The van der Waals surface area contributed by atoms with Crippen molar-refractivity contribution in [2.45, 2.75) is 6.18 Å². The number of urea groups is 1. The number of halogens is 4. The number of alkyl halides is 3. The molecule has 0 aliphatic heterocycles. The van der Waals surface area contributed by atoms with Crippen LogP contribution >= 0.6 is 11.3 Å². The van der Waals surface area contributed by atoms with Crippen molar-refractivity contribution in [2.75, 3.05) is 30.9 Å². The number of nitrogens with zero attached hydrogens (tertiary/aromatic N) is 3. The van der Waals surface area contributed by atoms with E-state index in [9.17, 15) is 27.2 Å². The summed E-state index contributed by atoms with van der Waals surface area (Å²) in [5.41, 5.74) is -0.739. The van der Waals surface area contributed by atoms with Crippen LogP contribution in [0.4, 0.5) is 33.2 Å². The Hall–Kier alpha value is -4.11. The van der Waals surface area contributed by atoms with Gasteiger partial charge in [0.2, 0.25) is 0 Å². The minimum atomic E-state index is -4.70. The molecule has 10 nitrogen and oxygen atoms in total. The number of nitrogens with one attached hydrogen (secondary N) is 4. The molecule has 0 saturated carbocycles. The Labute approximate surface area is 204 Å². The second kappa shape index (κ2) is 10.2. The number of aromatic nitrogens is 4. The first-order chi connectivity index (χ1) is 17.2. The van der Waals surface area contributed by atoms with Crippen molar-refractivity contribution in [3.8, 4) is 10.6 Å². The van der Waals surface area contributed by atoms with Crippen LogP contribution in [-0.2, 0) is 10.9 Å². The van der Waals surface area contributed by atoms with Crippen molar-refractivity contribution in [2.24, 2.45) is 0 Å². The summed E-state index contributed by atoms with van der Waals surface area (Å²) in [6, 6.07) is 2.21. The number of hydrogen-bond acceptors (Lipinski definition) is 7. The average Bonchev–Trinajstić information content (AvgIpc) is 3.48. The van der Waals surface area contributed by atoms with E-state index in [0.29, 0.717) is 58.5 Å². The standard InChI is InChI=1S/C21H17F4N7O3S/c1-35-5-4-26-18(33)11-7-15(29-17-12(11)8-28-32-17)16-9-27-20(36-16)31-19(34)30-14-6-10(21(23,24)25)2-3-13(14)22/h2-3,6-9H,4-5H2,1H3,(H,26,33)(H,28,29,32)(H2,27,30,31,34). The molecule has 0 aliphatic carbocycles. The van der Waals surface area contributed by atoms with E-state index in [1.54, 1.807) is 0 Å². The molecule has 0 atom stereocenters. The maximum Gasteiger partial charge on any atom is 0.416 e. The number of H-pyrrole nitrogens is 1. The Morgan fingerprint density at radius 3 is 2.72 bits per heavy atom. The first-order valence-electron chi connectivity index (χ1n) is 10.2. The van der Waals surface area contributed by atoms with Crippen LogP contribution in [0.15, 0.2) is 36.7 Å². The number of carbonyl (C=O) groups is 2. The van der Waals surface area contributed by atoms with Gasteiger partial charge in [-0.3, -0.25) is 15.2 Å². The number of ether oxygens (including phenoxy) is 1. The van der Waals surface area contributed by atoms with Crippen molar-refractivity contribution in [3.63, 3.8) is 0 Å². The predicted molar refractivity (Wildman–Crippen MR) is 123 cm³/mol. The van der Waals surface area contributed by atoms with Crippen LogP contribution < -0.4 is 16.0 Å². The molecule has 4 aromatic rings. The molecule has 36 heavy (non-hydrogen) atoms. The third kappa shape index (κ3) is 5.58. The number of pyridine rings is 1. The molecule has 4 N–H and O–H groups in total. The number of anilines is 2. The van der Waals surface area contributed by atoms with E-state index in [-0.39, 0.29) is 11.0 Å². The zero-order valence-electron chi connectivity index (χ0n) is 18.4. The largest absolute Gasteiger partial charge is 0.416 e. The van der Waals surface area contributed by atoms with Crippen molar-refractivity contribution in [1.82, 2.24) is 25.5 Å². The van der Waals surface area contributed by atoms with Crippen LogP contribution in [0.25, 0.3) is 21.6 Å². The maximum atomic E-state index is 13.9. The molecular weight excluding hydrogens is 506 g/mol. The van der Waals surface area contributed by atoms with E-state index in [1.807, 2.05) is 5.32 Å².